The molecule has 0 amide bonds. The van der Waals surface area contributed by atoms with Crippen LogP contribution in [0.15, 0.2) is 0 Å². The maximum Gasteiger partial charge on any atom is 0.310 e. The lowest BCUT2D eigenvalue weighted by Crippen LogP contribution is -2.27. The zero-order chi connectivity index (χ0) is 14.1. The van der Waals surface area contributed by atoms with Crippen LogP contribution in [-0.2, 0) is 14.3 Å². The van der Waals surface area contributed by atoms with Crippen LogP contribution in [0.4, 0.5) is 0 Å². The van der Waals surface area contributed by atoms with Crippen LogP contribution in [0.1, 0.15) is 40.0 Å². The van der Waals surface area contributed by atoms with Gasteiger partial charge in [0, 0.05) is 6.42 Å². The van der Waals surface area contributed by atoms with E-state index in [-0.39, 0.29) is 30.8 Å². The molecular formula is C13H23NO5. The molecule has 0 heterocycles. The molecule has 0 saturated carbocycles. The fourth-order valence-corrected chi connectivity index (χ4v) is 1.83. The number of rotatable bonds is 8. The molecule has 0 spiro atoms. The Hall–Kier alpha value is -1.61. The van der Waals surface area contributed by atoms with Gasteiger partial charge < -0.3 is 15.3 Å². The number of carboxylic acid groups (broad SMARTS) is 1. The Morgan fingerprint density at radius 3 is 2.32 bits per heavy atom. The van der Waals surface area contributed by atoms with Crippen molar-refractivity contribution in [2.45, 2.75) is 40.0 Å². The molecule has 0 aromatic heterocycles. The number of hydrogen-bond donors (Lipinski definition) is 1. The summed E-state index contributed by atoms with van der Waals surface area (Å²) in [7, 11) is 0. The Kier molecular flexibility index (Phi) is 10.7. The molecular weight excluding hydrogens is 250 g/mol. The third-order valence-electron chi connectivity index (χ3n) is 2.64. The quantitative estimate of drug-likeness (QED) is 0.670. The number of carbonyl (C=O) groups excluding carboxylic acids is 1. The van der Waals surface area contributed by atoms with Gasteiger partial charge in [0.05, 0.1) is 24.5 Å². The summed E-state index contributed by atoms with van der Waals surface area (Å²) < 4.78 is 4.92. The van der Waals surface area contributed by atoms with E-state index in [0.29, 0.717) is 6.42 Å². The summed E-state index contributed by atoms with van der Waals surface area (Å²) in [6.45, 7) is 5.85. The maximum atomic E-state index is 11.8. The molecule has 110 valence electrons. The van der Waals surface area contributed by atoms with E-state index in [1.165, 1.54) is 0 Å². The number of carboxylic acids is 1. The van der Waals surface area contributed by atoms with Crippen LogP contribution >= 0.6 is 0 Å². The first-order chi connectivity index (χ1) is 8.42. The van der Waals surface area contributed by atoms with Crippen molar-refractivity contribution < 1.29 is 24.9 Å². The first-order valence-electron chi connectivity index (χ1n) is 6.20. The van der Waals surface area contributed by atoms with Crippen LogP contribution in [0.5, 0.6) is 0 Å². The van der Waals surface area contributed by atoms with E-state index in [1.807, 2.05) is 13.8 Å². The molecule has 0 aromatic carbocycles. The minimum Gasteiger partial charge on any atom is -0.481 e. The molecule has 0 fully saturated rings. The Balaban J connectivity index is 0. The smallest absolute Gasteiger partial charge is 0.310 e. The molecule has 0 radical (unpaired) electrons. The fourth-order valence-electron chi connectivity index (χ4n) is 1.83. The van der Waals surface area contributed by atoms with Crippen LogP contribution in [0.3, 0.4) is 0 Å². The van der Waals surface area contributed by atoms with Crippen LogP contribution in [-0.4, -0.2) is 29.1 Å². The first-order valence-corrected chi connectivity index (χ1v) is 6.20. The number of nitriles is 1. The molecule has 0 aliphatic rings. The summed E-state index contributed by atoms with van der Waals surface area (Å²) in [5, 5.41) is 17.8. The van der Waals surface area contributed by atoms with Crippen molar-refractivity contribution in [3.63, 3.8) is 0 Å². The highest BCUT2D eigenvalue weighted by atomic mass is 16.5. The lowest BCUT2D eigenvalue weighted by molar-refractivity contribution is -0.150. The average molecular weight is 273 g/mol. The molecule has 0 aliphatic heterocycles. The fraction of sp³-hybridized carbons (Fsp3) is 0.769. The number of aliphatic carboxylic acids is 1. The molecule has 19 heavy (non-hydrogen) atoms. The second-order valence-electron chi connectivity index (χ2n) is 4.66. The van der Waals surface area contributed by atoms with Gasteiger partial charge in [-0.15, -0.1) is 0 Å². The van der Waals surface area contributed by atoms with Gasteiger partial charge in [-0.2, -0.15) is 5.26 Å². The summed E-state index contributed by atoms with van der Waals surface area (Å²) in [6.07, 6.45) is 0.596. The molecule has 3 N–H and O–H groups in total. The van der Waals surface area contributed by atoms with Crippen molar-refractivity contribution >= 4 is 11.9 Å². The molecule has 0 rings (SSSR count). The average Bonchev–Trinajstić information content (AvgIpc) is 2.27. The minimum atomic E-state index is -0.967. The standard InChI is InChI=1S/C13H21NO4.H2O/c1-4-18-13(17)11(5-6-12(15)16)10(8-14)7-9(2)3;/h9-11H,4-7H2,1-3H3,(H,15,16);1H2. The topological polar surface area (TPSA) is 119 Å². The normalized spacial score (nSPS) is 13.0. The van der Waals surface area contributed by atoms with Crippen LogP contribution in [0, 0.1) is 29.1 Å². The lowest BCUT2D eigenvalue weighted by atomic mass is 9.83. The summed E-state index contributed by atoms with van der Waals surface area (Å²) in [4.78, 5) is 22.4. The number of esters is 1. The Bertz CT molecular complexity index is 321. The second-order valence-corrected chi connectivity index (χ2v) is 4.66. The zero-order valence-electron chi connectivity index (χ0n) is 11.7. The molecule has 0 aromatic rings. The number of carbonyl (C=O) groups is 2. The highest BCUT2D eigenvalue weighted by Gasteiger charge is 2.30. The predicted octanol–water partition coefficient (Wildman–Crippen LogP) is 1.39. The van der Waals surface area contributed by atoms with Gasteiger partial charge in [0.1, 0.15) is 0 Å². The van der Waals surface area contributed by atoms with Crippen molar-refractivity contribution in [1.29, 1.82) is 5.26 Å². The SMILES string of the molecule is CCOC(=O)C(CCC(=O)O)C(C#N)CC(C)C.O. The van der Waals surface area contributed by atoms with Gasteiger partial charge in [-0.1, -0.05) is 13.8 Å². The lowest BCUT2D eigenvalue weighted by Gasteiger charge is -2.21. The van der Waals surface area contributed by atoms with Crippen LogP contribution < -0.4 is 0 Å². The highest BCUT2D eigenvalue weighted by molar-refractivity contribution is 5.74. The summed E-state index contributed by atoms with van der Waals surface area (Å²) in [5.74, 6) is -2.29. The number of ether oxygens (including phenoxy) is 1. The van der Waals surface area contributed by atoms with Crippen molar-refractivity contribution in [2.24, 2.45) is 17.8 Å². The van der Waals surface area contributed by atoms with Crippen molar-refractivity contribution in [1.82, 2.24) is 0 Å². The van der Waals surface area contributed by atoms with Crippen molar-refractivity contribution in [2.75, 3.05) is 6.61 Å². The predicted molar refractivity (Wildman–Crippen MR) is 69.2 cm³/mol. The van der Waals surface area contributed by atoms with Gasteiger partial charge in [0.15, 0.2) is 0 Å². The number of nitrogens with zero attached hydrogens (tertiary/aromatic N) is 1. The third-order valence-corrected chi connectivity index (χ3v) is 2.64. The molecule has 6 nitrogen and oxygen atoms in total. The molecule has 6 heteroatoms. The summed E-state index contributed by atoms with van der Waals surface area (Å²) in [5.41, 5.74) is 0. The summed E-state index contributed by atoms with van der Waals surface area (Å²) >= 11 is 0. The number of hydrogen-bond acceptors (Lipinski definition) is 4. The zero-order valence-corrected chi connectivity index (χ0v) is 11.7. The molecule has 2 unspecified atom stereocenters. The first kappa shape index (κ1) is 19.7. The molecule has 0 bridgehead atoms. The van der Waals surface area contributed by atoms with E-state index in [4.69, 9.17) is 15.1 Å². The Morgan fingerprint density at radius 1 is 1.37 bits per heavy atom. The van der Waals surface area contributed by atoms with Crippen LogP contribution in [0.25, 0.3) is 0 Å². The van der Waals surface area contributed by atoms with E-state index in [9.17, 15) is 9.59 Å². The van der Waals surface area contributed by atoms with Gasteiger partial charge in [0.25, 0.3) is 0 Å². The van der Waals surface area contributed by atoms with Crippen molar-refractivity contribution in [3.05, 3.63) is 0 Å². The van der Waals surface area contributed by atoms with E-state index in [2.05, 4.69) is 6.07 Å². The van der Waals surface area contributed by atoms with Crippen molar-refractivity contribution in [3.8, 4) is 6.07 Å². The summed E-state index contributed by atoms with van der Waals surface area (Å²) in [6, 6.07) is 2.10. The van der Waals surface area contributed by atoms with Gasteiger partial charge >= 0.3 is 11.9 Å². The van der Waals surface area contributed by atoms with Gasteiger partial charge in [-0.3, -0.25) is 9.59 Å². The molecule has 2 atom stereocenters. The van der Waals surface area contributed by atoms with Gasteiger partial charge in [-0.25, -0.2) is 0 Å². The Morgan fingerprint density at radius 2 is 1.95 bits per heavy atom. The highest BCUT2D eigenvalue weighted by Crippen LogP contribution is 2.25. The largest absolute Gasteiger partial charge is 0.481 e. The minimum absolute atomic E-state index is 0. The van der Waals surface area contributed by atoms with E-state index >= 15 is 0 Å². The molecule has 0 saturated heterocycles. The van der Waals surface area contributed by atoms with Gasteiger partial charge in [-0.05, 0) is 25.7 Å². The maximum absolute atomic E-state index is 11.8. The van der Waals surface area contributed by atoms with E-state index in [1.54, 1.807) is 6.92 Å². The van der Waals surface area contributed by atoms with E-state index in [0.717, 1.165) is 0 Å². The Labute approximate surface area is 113 Å². The van der Waals surface area contributed by atoms with Gasteiger partial charge in [0.2, 0.25) is 0 Å². The van der Waals surface area contributed by atoms with E-state index < -0.39 is 23.8 Å². The van der Waals surface area contributed by atoms with Crippen LogP contribution in [0.2, 0.25) is 0 Å². The molecule has 0 aliphatic carbocycles. The third kappa shape index (κ3) is 8.16. The monoisotopic (exact) mass is 273 g/mol. The second kappa shape index (κ2) is 10.3.